The lowest BCUT2D eigenvalue weighted by Crippen LogP contribution is -2.39. The van der Waals surface area contributed by atoms with E-state index in [2.05, 4.69) is 56.9 Å². The predicted molar refractivity (Wildman–Crippen MR) is 82.5 cm³/mol. The Morgan fingerprint density at radius 2 is 2.05 bits per heavy atom. The molecule has 106 valence electrons. The first-order chi connectivity index (χ1) is 8.76. The van der Waals surface area contributed by atoms with Gasteiger partial charge in [0.1, 0.15) is 0 Å². The number of nitrogens with two attached hydrogens (primary N) is 1. The molecule has 1 fully saturated rings. The predicted octanol–water partition coefficient (Wildman–Crippen LogP) is 2.95. The minimum Gasteiger partial charge on any atom is -0.324 e. The lowest BCUT2D eigenvalue weighted by molar-refractivity contribution is 0.321. The zero-order chi connectivity index (χ0) is 14.1. The lowest BCUT2D eigenvalue weighted by Gasteiger charge is -2.21. The van der Waals surface area contributed by atoms with E-state index in [4.69, 9.17) is 5.73 Å². The Morgan fingerprint density at radius 3 is 2.63 bits per heavy atom. The number of rotatable bonds is 3. The number of hydrogen-bond acceptors (Lipinski definition) is 2. The molecule has 1 atom stereocenters. The largest absolute Gasteiger partial charge is 0.324 e. The van der Waals surface area contributed by atoms with Crippen LogP contribution in [0.4, 0.5) is 0 Å². The molecule has 2 nitrogen and oxygen atoms in total. The summed E-state index contributed by atoms with van der Waals surface area (Å²) in [4.78, 5) is 2.49. The highest BCUT2D eigenvalue weighted by atomic mass is 15.2. The normalized spacial score (nSPS) is 24.9. The molecule has 0 radical (unpaired) electrons. The highest BCUT2D eigenvalue weighted by molar-refractivity contribution is 5.28. The van der Waals surface area contributed by atoms with Crippen molar-refractivity contribution in [3.8, 4) is 0 Å². The molecule has 1 aliphatic heterocycles. The van der Waals surface area contributed by atoms with Crippen LogP contribution in [0, 0.1) is 0 Å². The summed E-state index contributed by atoms with van der Waals surface area (Å²) in [6.45, 7) is 12.3. The zero-order valence-electron chi connectivity index (χ0n) is 12.9. The first-order valence-corrected chi connectivity index (χ1v) is 7.37. The van der Waals surface area contributed by atoms with Gasteiger partial charge in [0, 0.05) is 25.2 Å². The van der Waals surface area contributed by atoms with Gasteiger partial charge in [-0.15, -0.1) is 0 Å². The average molecular weight is 260 g/mol. The molecule has 1 saturated heterocycles. The molecule has 1 unspecified atom stereocenters. The summed E-state index contributed by atoms with van der Waals surface area (Å²) in [5.74, 6) is 0. The minimum atomic E-state index is 0.0211. The quantitative estimate of drug-likeness (QED) is 0.905. The van der Waals surface area contributed by atoms with E-state index in [1.807, 2.05) is 0 Å². The van der Waals surface area contributed by atoms with Crippen molar-refractivity contribution in [2.45, 2.75) is 51.5 Å². The second-order valence-corrected chi connectivity index (χ2v) is 7.38. The van der Waals surface area contributed by atoms with E-state index in [0.717, 1.165) is 32.5 Å². The van der Waals surface area contributed by atoms with Gasteiger partial charge in [-0.3, -0.25) is 0 Å². The van der Waals surface area contributed by atoms with Crippen LogP contribution < -0.4 is 5.73 Å². The molecule has 1 aromatic carbocycles. The van der Waals surface area contributed by atoms with Crippen molar-refractivity contribution in [3.05, 3.63) is 35.4 Å². The van der Waals surface area contributed by atoms with Crippen molar-refractivity contribution in [2.75, 3.05) is 19.6 Å². The summed E-state index contributed by atoms with van der Waals surface area (Å²) < 4.78 is 0. The topological polar surface area (TPSA) is 29.3 Å². The fourth-order valence-corrected chi connectivity index (χ4v) is 2.75. The number of benzene rings is 1. The summed E-state index contributed by atoms with van der Waals surface area (Å²) in [5.41, 5.74) is 9.30. The molecule has 0 bridgehead atoms. The molecule has 0 spiro atoms. The van der Waals surface area contributed by atoms with E-state index >= 15 is 0 Å². The molecular formula is C17H28N2. The van der Waals surface area contributed by atoms with Crippen LogP contribution in [0.15, 0.2) is 24.3 Å². The highest BCUT2D eigenvalue weighted by Crippen LogP contribution is 2.23. The molecule has 0 aromatic heterocycles. The van der Waals surface area contributed by atoms with Crippen LogP contribution in [0.1, 0.15) is 45.2 Å². The molecule has 19 heavy (non-hydrogen) atoms. The Kier molecular flexibility index (Phi) is 4.03. The molecule has 1 aromatic rings. The van der Waals surface area contributed by atoms with Gasteiger partial charge in [-0.05, 0) is 36.3 Å². The molecule has 2 heteroatoms. The monoisotopic (exact) mass is 260 g/mol. The Bertz CT molecular complexity index is 429. The van der Waals surface area contributed by atoms with E-state index in [1.54, 1.807) is 0 Å². The fraction of sp³-hybridized carbons (Fsp3) is 0.647. The van der Waals surface area contributed by atoms with Crippen LogP contribution in [0.2, 0.25) is 0 Å². The minimum absolute atomic E-state index is 0.0211. The van der Waals surface area contributed by atoms with Crippen LogP contribution in [0.3, 0.4) is 0 Å². The van der Waals surface area contributed by atoms with Crippen molar-refractivity contribution in [1.82, 2.24) is 4.90 Å². The fourth-order valence-electron chi connectivity index (χ4n) is 2.75. The molecular weight excluding hydrogens is 232 g/mol. The third-order valence-corrected chi connectivity index (χ3v) is 4.09. The van der Waals surface area contributed by atoms with Gasteiger partial charge >= 0.3 is 0 Å². The number of likely N-dealkylation sites (tertiary alicyclic amines) is 1. The summed E-state index contributed by atoms with van der Waals surface area (Å²) in [7, 11) is 0. The van der Waals surface area contributed by atoms with E-state index < -0.39 is 0 Å². The van der Waals surface area contributed by atoms with Crippen LogP contribution in [-0.2, 0) is 11.8 Å². The maximum absolute atomic E-state index is 6.18. The SMILES string of the molecule is CC1(N)CCN(CCc2cccc(C(C)(C)C)c2)C1. The van der Waals surface area contributed by atoms with Gasteiger partial charge in [-0.2, -0.15) is 0 Å². The van der Waals surface area contributed by atoms with Crippen LogP contribution in [0.25, 0.3) is 0 Å². The van der Waals surface area contributed by atoms with Crippen LogP contribution in [-0.4, -0.2) is 30.1 Å². The average Bonchev–Trinajstić information content (AvgIpc) is 2.66. The van der Waals surface area contributed by atoms with Gasteiger partial charge in [0.2, 0.25) is 0 Å². The van der Waals surface area contributed by atoms with Gasteiger partial charge < -0.3 is 10.6 Å². The molecule has 1 heterocycles. The van der Waals surface area contributed by atoms with E-state index in [9.17, 15) is 0 Å². The second kappa shape index (κ2) is 5.26. The zero-order valence-corrected chi connectivity index (χ0v) is 12.9. The third kappa shape index (κ3) is 4.05. The Morgan fingerprint density at radius 1 is 1.32 bits per heavy atom. The molecule has 0 aliphatic carbocycles. The highest BCUT2D eigenvalue weighted by Gasteiger charge is 2.29. The van der Waals surface area contributed by atoms with Gasteiger partial charge in [-0.25, -0.2) is 0 Å². The smallest absolute Gasteiger partial charge is 0.0267 e. The van der Waals surface area contributed by atoms with Crippen molar-refractivity contribution in [3.63, 3.8) is 0 Å². The summed E-state index contributed by atoms with van der Waals surface area (Å²) in [6.07, 6.45) is 2.25. The van der Waals surface area contributed by atoms with Crippen LogP contribution >= 0.6 is 0 Å². The Balaban J connectivity index is 1.94. The summed E-state index contributed by atoms with van der Waals surface area (Å²) in [6, 6.07) is 9.02. The van der Waals surface area contributed by atoms with E-state index in [1.165, 1.54) is 11.1 Å². The molecule has 2 N–H and O–H groups in total. The van der Waals surface area contributed by atoms with Crippen molar-refractivity contribution >= 4 is 0 Å². The number of nitrogens with zero attached hydrogens (tertiary/aromatic N) is 1. The van der Waals surface area contributed by atoms with E-state index in [0.29, 0.717) is 0 Å². The third-order valence-electron chi connectivity index (χ3n) is 4.09. The second-order valence-electron chi connectivity index (χ2n) is 7.38. The molecule has 0 saturated carbocycles. The van der Waals surface area contributed by atoms with Gasteiger partial charge in [-0.1, -0.05) is 45.0 Å². The maximum Gasteiger partial charge on any atom is 0.0267 e. The number of hydrogen-bond donors (Lipinski definition) is 1. The summed E-state index contributed by atoms with van der Waals surface area (Å²) in [5, 5.41) is 0. The Labute approximate surface area is 118 Å². The van der Waals surface area contributed by atoms with Gasteiger partial charge in [0.25, 0.3) is 0 Å². The Hall–Kier alpha value is -0.860. The first kappa shape index (κ1) is 14.5. The van der Waals surface area contributed by atoms with Crippen molar-refractivity contribution in [1.29, 1.82) is 0 Å². The molecule has 1 aliphatic rings. The maximum atomic E-state index is 6.18. The van der Waals surface area contributed by atoms with Gasteiger partial charge in [0.05, 0.1) is 0 Å². The standard InChI is InChI=1S/C17H28N2/c1-16(2,3)15-7-5-6-14(12-15)8-10-19-11-9-17(4,18)13-19/h5-7,12H,8-11,13,18H2,1-4H3. The van der Waals surface area contributed by atoms with Crippen molar-refractivity contribution < 1.29 is 0 Å². The summed E-state index contributed by atoms with van der Waals surface area (Å²) >= 11 is 0. The van der Waals surface area contributed by atoms with Crippen LogP contribution in [0.5, 0.6) is 0 Å². The molecule has 0 amide bonds. The lowest BCUT2D eigenvalue weighted by atomic mass is 9.86. The van der Waals surface area contributed by atoms with Gasteiger partial charge in [0.15, 0.2) is 0 Å². The van der Waals surface area contributed by atoms with E-state index in [-0.39, 0.29) is 11.0 Å². The molecule has 2 rings (SSSR count). The van der Waals surface area contributed by atoms with Crippen molar-refractivity contribution in [2.24, 2.45) is 5.73 Å². The first-order valence-electron chi connectivity index (χ1n) is 7.37.